The number of hydrogen-bond donors (Lipinski definition) is 0. The fraction of sp³-hybridized carbons (Fsp3) is 0.0392. The summed E-state index contributed by atoms with van der Waals surface area (Å²) in [6, 6.07) is 54.9. The SMILES string of the molecule is C1=c2ccc3ccccc3c2=CC(c2nc(-c3ccccc3)nc(-c3cccc4oc5ccc(-c6cccc7oc8cc9ccccc9cc8c67)cc5c34)n2)C1. The Balaban J connectivity index is 1.06. The third kappa shape index (κ3) is 4.84. The van der Waals surface area contributed by atoms with Crippen LogP contribution in [0.2, 0.25) is 0 Å². The number of nitrogens with zero attached hydrogens (tertiary/aromatic N) is 3. The second-order valence-corrected chi connectivity index (χ2v) is 14.7. The molecule has 0 bridgehead atoms. The van der Waals surface area contributed by atoms with Crippen molar-refractivity contribution in [2.45, 2.75) is 12.3 Å². The molecule has 0 spiro atoms. The van der Waals surface area contributed by atoms with E-state index in [1.165, 1.54) is 26.6 Å². The largest absolute Gasteiger partial charge is 0.456 e. The lowest BCUT2D eigenvalue weighted by Crippen LogP contribution is -2.29. The summed E-state index contributed by atoms with van der Waals surface area (Å²) in [6.45, 7) is 0. The van der Waals surface area contributed by atoms with Crippen LogP contribution in [0.15, 0.2) is 167 Å². The summed E-state index contributed by atoms with van der Waals surface area (Å²) in [5.74, 6) is 2.01. The van der Waals surface area contributed by atoms with E-state index in [1.54, 1.807) is 0 Å². The van der Waals surface area contributed by atoms with Crippen LogP contribution in [0.4, 0.5) is 0 Å². The quantitative estimate of drug-likeness (QED) is 0.181. The average molecular weight is 718 g/mol. The zero-order valence-corrected chi connectivity index (χ0v) is 30.1. The van der Waals surface area contributed by atoms with Crippen LogP contribution in [0.1, 0.15) is 18.2 Å². The molecule has 56 heavy (non-hydrogen) atoms. The number of aromatic nitrogens is 3. The highest BCUT2D eigenvalue weighted by Crippen LogP contribution is 2.42. The van der Waals surface area contributed by atoms with E-state index in [4.69, 9.17) is 23.8 Å². The highest BCUT2D eigenvalue weighted by atomic mass is 16.3. The smallest absolute Gasteiger partial charge is 0.164 e. The average Bonchev–Trinajstić information content (AvgIpc) is 3.83. The Labute approximate surface area is 320 Å². The molecule has 11 aromatic rings. The minimum atomic E-state index is -0.0215. The van der Waals surface area contributed by atoms with Crippen LogP contribution in [0.25, 0.3) is 111 Å². The molecule has 3 heterocycles. The van der Waals surface area contributed by atoms with Crippen molar-refractivity contribution >= 4 is 77.6 Å². The van der Waals surface area contributed by atoms with Crippen LogP contribution in [0.3, 0.4) is 0 Å². The fourth-order valence-electron chi connectivity index (χ4n) is 8.71. The molecule has 0 saturated heterocycles. The van der Waals surface area contributed by atoms with E-state index in [2.05, 4.69) is 140 Å². The van der Waals surface area contributed by atoms with Gasteiger partial charge in [-0.25, -0.2) is 15.0 Å². The maximum Gasteiger partial charge on any atom is 0.164 e. The second-order valence-electron chi connectivity index (χ2n) is 14.7. The molecule has 1 aliphatic carbocycles. The zero-order valence-electron chi connectivity index (χ0n) is 30.1. The van der Waals surface area contributed by atoms with Crippen molar-refractivity contribution in [1.82, 2.24) is 15.0 Å². The van der Waals surface area contributed by atoms with Gasteiger partial charge in [-0.05, 0) is 85.9 Å². The first-order chi connectivity index (χ1) is 27.7. The number of rotatable bonds is 4. The molecule has 0 fully saturated rings. The minimum absolute atomic E-state index is 0.0215. The molecule has 0 saturated carbocycles. The van der Waals surface area contributed by atoms with Crippen molar-refractivity contribution in [3.8, 4) is 33.9 Å². The van der Waals surface area contributed by atoms with E-state index in [0.717, 1.165) is 83.8 Å². The molecule has 8 aromatic carbocycles. The fourth-order valence-corrected chi connectivity index (χ4v) is 8.71. The van der Waals surface area contributed by atoms with E-state index >= 15 is 0 Å². The Morgan fingerprint density at radius 1 is 0.446 bits per heavy atom. The normalized spacial score (nSPS) is 14.1. The molecule has 0 radical (unpaired) electrons. The summed E-state index contributed by atoms with van der Waals surface area (Å²) in [7, 11) is 0. The summed E-state index contributed by atoms with van der Waals surface area (Å²) < 4.78 is 13.0. The lowest BCUT2D eigenvalue weighted by molar-refractivity contribution is 0.669. The van der Waals surface area contributed by atoms with Crippen LogP contribution >= 0.6 is 0 Å². The first kappa shape index (κ1) is 31.0. The van der Waals surface area contributed by atoms with Crippen molar-refractivity contribution in [2.24, 2.45) is 0 Å². The molecule has 12 rings (SSSR count). The molecular weight excluding hydrogens is 687 g/mol. The molecule has 0 aliphatic heterocycles. The van der Waals surface area contributed by atoms with Crippen LogP contribution in [0.5, 0.6) is 0 Å². The van der Waals surface area contributed by atoms with E-state index in [9.17, 15) is 0 Å². The predicted octanol–water partition coefficient (Wildman–Crippen LogP) is 11.7. The number of benzene rings is 8. The van der Waals surface area contributed by atoms with E-state index in [-0.39, 0.29) is 5.92 Å². The Morgan fingerprint density at radius 2 is 1.14 bits per heavy atom. The summed E-state index contributed by atoms with van der Waals surface area (Å²) in [5, 5.41) is 11.5. The zero-order chi connectivity index (χ0) is 36.7. The summed E-state index contributed by atoms with van der Waals surface area (Å²) in [6.07, 6.45) is 5.46. The Bertz CT molecular complexity index is 3530. The van der Waals surface area contributed by atoms with Crippen molar-refractivity contribution in [2.75, 3.05) is 0 Å². The Morgan fingerprint density at radius 3 is 2.00 bits per heavy atom. The first-order valence-corrected chi connectivity index (χ1v) is 19.0. The molecule has 5 heteroatoms. The number of fused-ring (bicyclic) bond motifs is 10. The lowest BCUT2D eigenvalue weighted by atomic mass is 9.93. The van der Waals surface area contributed by atoms with Crippen molar-refractivity contribution in [3.63, 3.8) is 0 Å². The van der Waals surface area contributed by atoms with E-state index in [1.807, 2.05) is 30.3 Å². The van der Waals surface area contributed by atoms with Gasteiger partial charge in [0.05, 0.1) is 0 Å². The molecule has 1 atom stereocenters. The third-order valence-corrected chi connectivity index (χ3v) is 11.4. The highest BCUT2D eigenvalue weighted by Gasteiger charge is 2.22. The highest BCUT2D eigenvalue weighted by molar-refractivity contribution is 6.17. The lowest BCUT2D eigenvalue weighted by Gasteiger charge is -2.16. The summed E-state index contributed by atoms with van der Waals surface area (Å²) in [5.41, 5.74) is 7.38. The molecule has 5 nitrogen and oxygen atoms in total. The van der Waals surface area contributed by atoms with Gasteiger partial charge in [0, 0.05) is 38.6 Å². The maximum atomic E-state index is 6.54. The molecule has 3 aromatic heterocycles. The minimum Gasteiger partial charge on any atom is -0.456 e. The monoisotopic (exact) mass is 717 g/mol. The molecule has 0 amide bonds. The van der Waals surface area contributed by atoms with Crippen molar-refractivity contribution in [3.05, 3.63) is 174 Å². The summed E-state index contributed by atoms with van der Waals surface area (Å²) in [4.78, 5) is 15.6. The van der Waals surface area contributed by atoms with Crippen LogP contribution in [0, 0.1) is 0 Å². The van der Waals surface area contributed by atoms with Gasteiger partial charge in [-0.15, -0.1) is 0 Å². The number of hydrogen-bond acceptors (Lipinski definition) is 5. The van der Waals surface area contributed by atoms with Gasteiger partial charge in [-0.3, -0.25) is 0 Å². The van der Waals surface area contributed by atoms with Gasteiger partial charge in [0.1, 0.15) is 28.2 Å². The first-order valence-electron chi connectivity index (χ1n) is 19.0. The van der Waals surface area contributed by atoms with Gasteiger partial charge in [-0.2, -0.15) is 0 Å². The van der Waals surface area contributed by atoms with Crippen molar-refractivity contribution in [1.29, 1.82) is 0 Å². The van der Waals surface area contributed by atoms with E-state index < -0.39 is 0 Å². The van der Waals surface area contributed by atoms with Gasteiger partial charge < -0.3 is 8.83 Å². The maximum absolute atomic E-state index is 6.54. The standard InChI is InChI=1S/C51H31N3O2/c1-2-11-32(12-3-1)49-52-50(36-23-22-31-21-20-30-10-6-7-15-37(30)40(31)28-36)54-51(53-49)39-17-9-19-45-48(39)41-27-35(24-25-43(41)55-45)38-16-8-18-44-47(38)42-26-33-13-4-5-14-34(33)29-46(42)56-44/h1-22,24-29,36H,23H2. The van der Waals surface area contributed by atoms with Gasteiger partial charge in [0.25, 0.3) is 0 Å². The molecule has 1 aliphatic rings. The predicted molar refractivity (Wildman–Crippen MR) is 228 cm³/mol. The van der Waals surface area contributed by atoms with E-state index in [0.29, 0.717) is 11.6 Å². The van der Waals surface area contributed by atoms with Gasteiger partial charge in [-0.1, -0.05) is 133 Å². The van der Waals surface area contributed by atoms with Gasteiger partial charge in [0.15, 0.2) is 11.6 Å². The van der Waals surface area contributed by atoms with Crippen LogP contribution < -0.4 is 10.4 Å². The number of furan rings is 2. The van der Waals surface area contributed by atoms with Crippen LogP contribution in [-0.2, 0) is 0 Å². The molecule has 0 N–H and O–H groups in total. The Hall–Kier alpha value is -7.37. The van der Waals surface area contributed by atoms with Crippen molar-refractivity contribution < 1.29 is 8.83 Å². The third-order valence-electron chi connectivity index (χ3n) is 11.4. The topological polar surface area (TPSA) is 65.0 Å². The molecule has 1 unspecified atom stereocenters. The van der Waals surface area contributed by atoms with Gasteiger partial charge in [0.2, 0.25) is 0 Å². The summed E-state index contributed by atoms with van der Waals surface area (Å²) >= 11 is 0. The Kier molecular flexibility index (Phi) is 6.69. The van der Waals surface area contributed by atoms with Gasteiger partial charge >= 0.3 is 0 Å². The molecular formula is C51H31N3O2. The second kappa shape index (κ2) is 12.1. The molecule has 262 valence electrons. The van der Waals surface area contributed by atoms with Crippen LogP contribution in [-0.4, -0.2) is 15.0 Å².